The number of phenolic OH excluding ortho intramolecular Hbond substituents is 1. The fourth-order valence-electron chi connectivity index (χ4n) is 3.53. The summed E-state index contributed by atoms with van der Waals surface area (Å²) < 4.78 is 5.69. The second-order valence-electron chi connectivity index (χ2n) is 7.79. The number of aryl methyl sites for hydroxylation is 2. The zero-order chi connectivity index (χ0) is 23.6. The van der Waals surface area contributed by atoms with Crippen LogP contribution in [0, 0.1) is 6.92 Å². The average Bonchev–Trinajstić information content (AvgIpc) is 2.68. The van der Waals surface area contributed by atoms with Crippen LogP contribution in [0.4, 0.5) is 0 Å². The summed E-state index contributed by atoms with van der Waals surface area (Å²) in [6.45, 7) is 2.13. The highest BCUT2D eigenvalue weighted by Crippen LogP contribution is 2.34. The van der Waals surface area contributed by atoms with Crippen LogP contribution >= 0.6 is 0 Å². The number of rotatable bonds is 8. The first-order chi connectivity index (χ1) is 15.1. The van der Waals surface area contributed by atoms with Gasteiger partial charge in [0.15, 0.2) is 0 Å². The van der Waals surface area contributed by atoms with Gasteiger partial charge in [-0.3, -0.25) is 4.79 Å². The van der Waals surface area contributed by atoms with Crippen LogP contribution in [-0.2, 0) is 11.2 Å². The molecule has 3 rings (SSSR count). The predicted octanol–water partition coefficient (Wildman–Crippen LogP) is 0.409. The zero-order valence-corrected chi connectivity index (χ0v) is 17.4. The van der Waals surface area contributed by atoms with E-state index in [-0.39, 0.29) is 42.9 Å². The summed E-state index contributed by atoms with van der Waals surface area (Å²) in [4.78, 5) is 25.7. The topological polar surface area (TPSA) is 174 Å². The predicted molar refractivity (Wildman–Crippen MR) is 115 cm³/mol. The standard InChI is InChI=1S/C21H25BN2O8/c1-11-2-4-14(15(25)8-11)18(23)20(27)24-9-13(10-24)32-16-5-3-12(6-7-22(30)31)19(26)17(16)21(28)29/h2-5,8,13,18,25-26,30-31H,6-7,9-10,23H2,1H3,(H,28,29). The van der Waals surface area contributed by atoms with E-state index in [0.717, 1.165) is 5.56 Å². The van der Waals surface area contributed by atoms with Crippen LogP contribution in [0.3, 0.4) is 0 Å². The Labute approximate surface area is 184 Å². The number of hydrogen-bond donors (Lipinski definition) is 6. The highest BCUT2D eigenvalue weighted by Gasteiger charge is 2.36. The van der Waals surface area contributed by atoms with E-state index in [1.54, 1.807) is 19.1 Å². The summed E-state index contributed by atoms with van der Waals surface area (Å²) in [7, 11) is -1.58. The number of nitrogens with two attached hydrogens (primary N) is 1. The average molecular weight is 444 g/mol. The Bertz CT molecular complexity index is 1020. The van der Waals surface area contributed by atoms with Crippen LogP contribution < -0.4 is 10.5 Å². The minimum absolute atomic E-state index is 0.0547. The molecule has 0 spiro atoms. The summed E-state index contributed by atoms with van der Waals surface area (Å²) in [5, 5.41) is 47.8. The molecule has 0 saturated carbocycles. The maximum absolute atomic E-state index is 12.6. The molecule has 0 aliphatic carbocycles. The van der Waals surface area contributed by atoms with Crippen LogP contribution in [0.5, 0.6) is 17.2 Å². The maximum Gasteiger partial charge on any atom is 0.451 e. The molecule has 1 saturated heterocycles. The van der Waals surface area contributed by atoms with Crippen molar-refractivity contribution in [2.75, 3.05) is 13.1 Å². The molecule has 1 unspecified atom stereocenters. The quantitative estimate of drug-likeness (QED) is 0.315. The third-order valence-electron chi connectivity index (χ3n) is 5.35. The molecule has 2 aromatic carbocycles. The third-order valence-corrected chi connectivity index (χ3v) is 5.35. The van der Waals surface area contributed by atoms with E-state index in [4.69, 9.17) is 20.5 Å². The van der Waals surface area contributed by atoms with Gasteiger partial charge in [0.25, 0.3) is 0 Å². The van der Waals surface area contributed by atoms with Gasteiger partial charge in [-0.1, -0.05) is 18.2 Å². The number of carbonyl (C=O) groups excluding carboxylic acids is 1. The Morgan fingerprint density at radius 2 is 1.91 bits per heavy atom. The number of ether oxygens (including phenoxy) is 1. The number of carbonyl (C=O) groups is 2. The molecule has 1 aliphatic rings. The van der Waals surface area contributed by atoms with Crippen molar-refractivity contribution < 1.29 is 39.7 Å². The van der Waals surface area contributed by atoms with Gasteiger partial charge >= 0.3 is 13.1 Å². The SMILES string of the molecule is Cc1ccc(C(N)C(=O)N2CC(Oc3ccc(CCB(O)O)c(O)c3C(=O)O)C2)c(O)c1. The number of hydrogen-bond acceptors (Lipinski definition) is 8. The minimum Gasteiger partial charge on any atom is -0.508 e. The number of benzene rings is 2. The molecule has 10 nitrogen and oxygen atoms in total. The minimum atomic E-state index is -1.58. The summed E-state index contributed by atoms with van der Waals surface area (Å²) in [6.07, 6.45) is -0.497. The molecule has 1 heterocycles. The van der Waals surface area contributed by atoms with Crippen molar-refractivity contribution in [3.05, 3.63) is 52.6 Å². The van der Waals surface area contributed by atoms with E-state index in [1.807, 2.05) is 0 Å². The number of phenols is 2. The Morgan fingerprint density at radius 3 is 2.50 bits per heavy atom. The number of aromatic carboxylic acids is 1. The fraction of sp³-hybridized carbons (Fsp3) is 0.333. The van der Waals surface area contributed by atoms with Crippen LogP contribution in [0.2, 0.25) is 6.32 Å². The highest BCUT2D eigenvalue weighted by atomic mass is 16.5. The van der Waals surface area contributed by atoms with Crippen molar-refractivity contribution in [1.29, 1.82) is 0 Å². The van der Waals surface area contributed by atoms with Crippen molar-refractivity contribution in [3.8, 4) is 17.2 Å². The molecule has 2 aromatic rings. The van der Waals surface area contributed by atoms with Gasteiger partial charge in [-0.15, -0.1) is 0 Å². The monoisotopic (exact) mass is 444 g/mol. The summed E-state index contributed by atoms with van der Waals surface area (Å²) >= 11 is 0. The zero-order valence-electron chi connectivity index (χ0n) is 17.4. The molecule has 0 bridgehead atoms. The van der Waals surface area contributed by atoms with Crippen molar-refractivity contribution >= 4 is 19.0 Å². The molecule has 1 atom stereocenters. The van der Waals surface area contributed by atoms with Gasteiger partial charge in [0.1, 0.15) is 35.0 Å². The first kappa shape index (κ1) is 23.4. The fourth-order valence-corrected chi connectivity index (χ4v) is 3.53. The Hall–Kier alpha value is -3.28. The van der Waals surface area contributed by atoms with Crippen molar-refractivity contribution in [3.63, 3.8) is 0 Å². The lowest BCUT2D eigenvalue weighted by Gasteiger charge is -2.40. The smallest absolute Gasteiger partial charge is 0.451 e. The Balaban J connectivity index is 1.65. The van der Waals surface area contributed by atoms with Crippen LogP contribution in [-0.4, -0.2) is 68.5 Å². The van der Waals surface area contributed by atoms with E-state index in [1.165, 1.54) is 23.1 Å². The van der Waals surface area contributed by atoms with E-state index < -0.39 is 42.5 Å². The van der Waals surface area contributed by atoms with Crippen LogP contribution in [0.1, 0.15) is 33.1 Å². The molecular weight excluding hydrogens is 419 g/mol. The molecule has 32 heavy (non-hydrogen) atoms. The molecule has 0 radical (unpaired) electrons. The number of amides is 1. The molecule has 1 fully saturated rings. The second-order valence-corrected chi connectivity index (χ2v) is 7.79. The molecule has 1 amide bonds. The van der Waals surface area contributed by atoms with Crippen LogP contribution in [0.15, 0.2) is 30.3 Å². The van der Waals surface area contributed by atoms with E-state index in [2.05, 4.69) is 0 Å². The number of aromatic hydroxyl groups is 2. The lowest BCUT2D eigenvalue weighted by atomic mass is 9.82. The van der Waals surface area contributed by atoms with Crippen molar-refractivity contribution in [2.24, 2.45) is 5.73 Å². The van der Waals surface area contributed by atoms with Gasteiger partial charge in [-0.25, -0.2) is 4.79 Å². The number of likely N-dealkylation sites (tertiary alicyclic amines) is 1. The van der Waals surface area contributed by atoms with E-state index in [9.17, 15) is 24.9 Å². The van der Waals surface area contributed by atoms with E-state index in [0.29, 0.717) is 5.56 Å². The lowest BCUT2D eigenvalue weighted by molar-refractivity contribution is -0.141. The molecule has 1 aliphatic heterocycles. The van der Waals surface area contributed by atoms with Crippen molar-refractivity contribution in [1.82, 2.24) is 4.90 Å². The normalized spacial score (nSPS) is 14.6. The molecule has 170 valence electrons. The number of carboxylic acids is 1. The molecular formula is C21H25BN2O8. The number of carboxylic acid groups (broad SMARTS) is 1. The van der Waals surface area contributed by atoms with Gasteiger partial charge in [-0.05, 0) is 42.9 Å². The maximum atomic E-state index is 12.6. The van der Waals surface area contributed by atoms with E-state index >= 15 is 0 Å². The highest BCUT2D eigenvalue weighted by molar-refractivity contribution is 6.41. The van der Waals surface area contributed by atoms with Gasteiger partial charge in [0.05, 0.1) is 13.1 Å². The molecule has 7 N–H and O–H groups in total. The molecule has 0 aromatic heterocycles. The first-order valence-electron chi connectivity index (χ1n) is 10.0. The van der Waals surface area contributed by atoms with Gasteiger partial charge < -0.3 is 40.7 Å². The summed E-state index contributed by atoms with van der Waals surface area (Å²) in [5.74, 6) is -2.41. The summed E-state index contributed by atoms with van der Waals surface area (Å²) in [6, 6.07) is 6.67. The van der Waals surface area contributed by atoms with Gasteiger partial charge in [-0.2, -0.15) is 0 Å². The van der Waals surface area contributed by atoms with Gasteiger partial charge in [0.2, 0.25) is 5.91 Å². The summed E-state index contributed by atoms with van der Waals surface area (Å²) in [5.41, 5.74) is 6.97. The van der Waals surface area contributed by atoms with Crippen molar-refractivity contribution in [2.45, 2.75) is 31.8 Å². The van der Waals surface area contributed by atoms with Gasteiger partial charge in [0, 0.05) is 5.56 Å². The largest absolute Gasteiger partial charge is 0.508 e. The Morgan fingerprint density at radius 1 is 1.22 bits per heavy atom. The van der Waals surface area contributed by atoms with Crippen LogP contribution in [0.25, 0.3) is 0 Å². The second kappa shape index (κ2) is 9.47. The first-order valence-corrected chi connectivity index (χ1v) is 10.0. The number of nitrogens with zero attached hydrogens (tertiary/aromatic N) is 1. The Kier molecular flexibility index (Phi) is 6.92. The third kappa shape index (κ3) is 4.96. The lowest BCUT2D eigenvalue weighted by Crippen LogP contribution is -2.58. The molecule has 11 heteroatoms.